The van der Waals surface area contributed by atoms with E-state index in [0.29, 0.717) is 6.04 Å². The SMILES string of the molecule is CCCC[C@H](c1ccc(C)c(Cl)c1)N1CCNCC1. The molecule has 0 aliphatic carbocycles. The Morgan fingerprint density at radius 3 is 2.68 bits per heavy atom. The minimum Gasteiger partial charge on any atom is -0.314 e. The van der Waals surface area contributed by atoms with Crippen LogP contribution in [0.25, 0.3) is 0 Å². The number of hydrogen-bond donors (Lipinski definition) is 1. The van der Waals surface area contributed by atoms with Crippen molar-refractivity contribution < 1.29 is 0 Å². The van der Waals surface area contributed by atoms with Crippen LogP contribution in [-0.2, 0) is 0 Å². The van der Waals surface area contributed by atoms with Gasteiger partial charge in [0.25, 0.3) is 0 Å². The smallest absolute Gasteiger partial charge is 0.0438 e. The van der Waals surface area contributed by atoms with E-state index in [0.717, 1.165) is 31.2 Å². The van der Waals surface area contributed by atoms with E-state index in [1.54, 1.807) is 0 Å². The van der Waals surface area contributed by atoms with Crippen LogP contribution in [0.5, 0.6) is 0 Å². The number of benzene rings is 1. The lowest BCUT2D eigenvalue weighted by Crippen LogP contribution is -2.45. The molecule has 1 fully saturated rings. The first-order chi connectivity index (χ1) is 9.22. The molecule has 0 radical (unpaired) electrons. The number of unbranched alkanes of at least 4 members (excludes halogenated alkanes) is 1. The molecule has 0 bridgehead atoms. The Labute approximate surface area is 122 Å². The van der Waals surface area contributed by atoms with Crippen LogP contribution < -0.4 is 5.32 Å². The van der Waals surface area contributed by atoms with Crippen LogP contribution >= 0.6 is 11.6 Å². The molecule has 1 aromatic carbocycles. The largest absolute Gasteiger partial charge is 0.314 e. The fourth-order valence-corrected chi connectivity index (χ4v) is 2.96. The van der Waals surface area contributed by atoms with Crippen LogP contribution in [0.2, 0.25) is 5.02 Å². The topological polar surface area (TPSA) is 15.3 Å². The van der Waals surface area contributed by atoms with Crippen molar-refractivity contribution in [3.8, 4) is 0 Å². The minimum absolute atomic E-state index is 0.528. The molecule has 19 heavy (non-hydrogen) atoms. The molecule has 3 heteroatoms. The van der Waals surface area contributed by atoms with Crippen molar-refractivity contribution in [1.82, 2.24) is 10.2 Å². The average Bonchev–Trinajstić information content (AvgIpc) is 2.44. The highest BCUT2D eigenvalue weighted by atomic mass is 35.5. The van der Waals surface area contributed by atoms with Crippen molar-refractivity contribution >= 4 is 11.6 Å². The molecule has 1 aliphatic heterocycles. The van der Waals surface area contributed by atoms with E-state index in [9.17, 15) is 0 Å². The molecule has 1 aromatic rings. The van der Waals surface area contributed by atoms with Gasteiger partial charge in [0, 0.05) is 37.2 Å². The fourth-order valence-electron chi connectivity index (χ4n) is 2.77. The van der Waals surface area contributed by atoms with E-state index < -0.39 is 0 Å². The lowest BCUT2D eigenvalue weighted by atomic mass is 9.98. The van der Waals surface area contributed by atoms with Crippen molar-refractivity contribution in [3.63, 3.8) is 0 Å². The molecule has 0 spiro atoms. The van der Waals surface area contributed by atoms with Gasteiger partial charge >= 0.3 is 0 Å². The van der Waals surface area contributed by atoms with Crippen LogP contribution in [-0.4, -0.2) is 31.1 Å². The summed E-state index contributed by atoms with van der Waals surface area (Å²) in [6.07, 6.45) is 3.76. The van der Waals surface area contributed by atoms with Gasteiger partial charge in [0.15, 0.2) is 0 Å². The molecule has 0 aromatic heterocycles. The maximum absolute atomic E-state index is 6.30. The van der Waals surface area contributed by atoms with Gasteiger partial charge in [-0.05, 0) is 30.5 Å². The van der Waals surface area contributed by atoms with E-state index in [-0.39, 0.29) is 0 Å². The zero-order valence-electron chi connectivity index (χ0n) is 12.1. The third-order valence-corrected chi connectivity index (χ3v) is 4.41. The first-order valence-electron chi connectivity index (χ1n) is 7.43. The first kappa shape index (κ1) is 14.8. The Hall–Kier alpha value is -0.570. The third-order valence-electron chi connectivity index (χ3n) is 4.00. The van der Waals surface area contributed by atoms with Crippen LogP contribution in [0, 0.1) is 6.92 Å². The van der Waals surface area contributed by atoms with E-state index >= 15 is 0 Å². The summed E-state index contributed by atoms with van der Waals surface area (Å²) in [6, 6.07) is 7.10. The van der Waals surface area contributed by atoms with Crippen LogP contribution in [0.1, 0.15) is 43.4 Å². The molecule has 2 rings (SSSR count). The minimum atomic E-state index is 0.528. The quantitative estimate of drug-likeness (QED) is 0.883. The zero-order valence-corrected chi connectivity index (χ0v) is 12.8. The van der Waals surface area contributed by atoms with Crippen LogP contribution in [0.4, 0.5) is 0 Å². The number of piperazine rings is 1. The Morgan fingerprint density at radius 1 is 1.32 bits per heavy atom. The van der Waals surface area contributed by atoms with Crippen LogP contribution in [0.3, 0.4) is 0 Å². The summed E-state index contributed by atoms with van der Waals surface area (Å²) in [4.78, 5) is 2.60. The van der Waals surface area contributed by atoms with Gasteiger partial charge in [-0.25, -0.2) is 0 Å². The molecule has 1 aliphatic rings. The fraction of sp³-hybridized carbons (Fsp3) is 0.625. The molecule has 0 saturated carbocycles. The first-order valence-corrected chi connectivity index (χ1v) is 7.81. The highest BCUT2D eigenvalue weighted by Gasteiger charge is 2.21. The monoisotopic (exact) mass is 280 g/mol. The maximum atomic E-state index is 6.30. The Bertz CT molecular complexity index is 400. The van der Waals surface area contributed by atoms with E-state index in [2.05, 4.69) is 42.3 Å². The summed E-state index contributed by atoms with van der Waals surface area (Å²) in [5, 5.41) is 4.33. The Balaban J connectivity index is 2.17. The van der Waals surface area contributed by atoms with Gasteiger partial charge in [0.1, 0.15) is 0 Å². The average molecular weight is 281 g/mol. The second-order valence-corrected chi connectivity index (χ2v) is 5.86. The Morgan fingerprint density at radius 2 is 2.05 bits per heavy atom. The van der Waals surface area contributed by atoms with E-state index in [1.165, 1.54) is 30.4 Å². The number of nitrogens with zero attached hydrogens (tertiary/aromatic N) is 1. The van der Waals surface area contributed by atoms with Crippen molar-refractivity contribution in [1.29, 1.82) is 0 Å². The zero-order chi connectivity index (χ0) is 13.7. The Kier molecular flexibility index (Phi) is 5.68. The highest BCUT2D eigenvalue weighted by molar-refractivity contribution is 6.31. The predicted molar refractivity (Wildman–Crippen MR) is 82.9 cm³/mol. The third kappa shape index (κ3) is 3.95. The van der Waals surface area contributed by atoms with Gasteiger partial charge in [0.2, 0.25) is 0 Å². The summed E-state index contributed by atoms with van der Waals surface area (Å²) < 4.78 is 0. The molecule has 0 amide bonds. The second kappa shape index (κ2) is 7.28. The molecule has 1 atom stereocenters. The van der Waals surface area contributed by atoms with E-state index in [1.807, 2.05) is 0 Å². The van der Waals surface area contributed by atoms with Gasteiger partial charge in [-0.1, -0.05) is 43.5 Å². The lowest BCUT2D eigenvalue weighted by Gasteiger charge is -2.35. The van der Waals surface area contributed by atoms with Crippen molar-refractivity contribution in [2.24, 2.45) is 0 Å². The molecule has 106 valence electrons. The summed E-state index contributed by atoms with van der Waals surface area (Å²) in [5.74, 6) is 0. The van der Waals surface area contributed by atoms with Crippen LogP contribution in [0.15, 0.2) is 18.2 Å². The van der Waals surface area contributed by atoms with Crippen molar-refractivity contribution in [2.45, 2.75) is 39.2 Å². The molecule has 1 N–H and O–H groups in total. The summed E-state index contributed by atoms with van der Waals surface area (Å²) in [6.45, 7) is 8.80. The van der Waals surface area contributed by atoms with E-state index in [4.69, 9.17) is 11.6 Å². The highest BCUT2D eigenvalue weighted by Crippen LogP contribution is 2.29. The summed E-state index contributed by atoms with van der Waals surface area (Å²) in [5.41, 5.74) is 2.55. The van der Waals surface area contributed by atoms with Crippen molar-refractivity contribution in [2.75, 3.05) is 26.2 Å². The van der Waals surface area contributed by atoms with Gasteiger partial charge < -0.3 is 5.32 Å². The molecule has 2 nitrogen and oxygen atoms in total. The molecule has 1 saturated heterocycles. The summed E-state index contributed by atoms with van der Waals surface area (Å²) in [7, 11) is 0. The van der Waals surface area contributed by atoms with Gasteiger partial charge in [-0.2, -0.15) is 0 Å². The molecule has 0 unspecified atom stereocenters. The van der Waals surface area contributed by atoms with Crippen molar-refractivity contribution in [3.05, 3.63) is 34.3 Å². The number of hydrogen-bond acceptors (Lipinski definition) is 2. The number of halogens is 1. The standard InChI is InChI=1S/C16H25ClN2/c1-3-4-5-16(19-10-8-18-9-11-19)14-7-6-13(2)15(17)12-14/h6-7,12,16,18H,3-5,8-11H2,1-2H3/t16-/m1/s1. The lowest BCUT2D eigenvalue weighted by molar-refractivity contribution is 0.163. The normalized spacial score (nSPS) is 18.5. The maximum Gasteiger partial charge on any atom is 0.0438 e. The van der Waals surface area contributed by atoms with Gasteiger partial charge in [-0.3, -0.25) is 4.90 Å². The molecular weight excluding hydrogens is 256 g/mol. The second-order valence-electron chi connectivity index (χ2n) is 5.45. The number of aryl methyl sites for hydroxylation is 1. The predicted octanol–water partition coefficient (Wildman–Crippen LogP) is 3.78. The summed E-state index contributed by atoms with van der Waals surface area (Å²) >= 11 is 6.30. The number of rotatable bonds is 5. The molecule has 1 heterocycles. The van der Waals surface area contributed by atoms with Gasteiger partial charge in [-0.15, -0.1) is 0 Å². The van der Waals surface area contributed by atoms with Gasteiger partial charge in [0.05, 0.1) is 0 Å². The number of nitrogens with one attached hydrogen (secondary N) is 1. The molecular formula is C16H25ClN2.